The Hall–Kier alpha value is -2.85. The minimum Gasteiger partial charge on any atom is -0.497 e. The van der Waals surface area contributed by atoms with E-state index in [1.165, 1.54) is 23.1 Å². The molecule has 0 unspecified atom stereocenters. The monoisotopic (exact) mass is 415 g/mol. The van der Waals surface area contributed by atoms with Gasteiger partial charge in [-0.2, -0.15) is 0 Å². The van der Waals surface area contributed by atoms with Crippen molar-refractivity contribution < 1.29 is 13.9 Å². The van der Waals surface area contributed by atoms with Crippen molar-refractivity contribution >= 4 is 44.4 Å². The van der Waals surface area contributed by atoms with Crippen molar-refractivity contribution in [2.45, 2.75) is 18.6 Å². The van der Waals surface area contributed by atoms with Crippen LogP contribution in [0.1, 0.15) is 6.92 Å². The number of anilines is 1. The number of hydrogen-bond donors (Lipinski definition) is 1. The van der Waals surface area contributed by atoms with Crippen LogP contribution in [-0.4, -0.2) is 38.5 Å². The summed E-state index contributed by atoms with van der Waals surface area (Å²) in [4.78, 5) is 16.8. The number of hydrogen-bond acceptors (Lipinski definition) is 8. The molecule has 0 saturated carbocycles. The molecule has 8 nitrogen and oxygen atoms in total. The van der Waals surface area contributed by atoms with Crippen LogP contribution in [0.2, 0.25) is 0 Å². The number of amides is 1. The molecule has 3 heterocycles. The lowest BCUT2D eigenvalue weighted by molar-refractivity contribution is -0.113. The molecule has 1 amide bonds. The van der Waals surface area contributed by atoms with Gasteiger partial charge >= 0.3 is 0 Å². The van der Waals surface area contributed by atoms with Gasteiger partial charge < -0.3 is 14.5 Å². The third-order valence-electron chi connectivity index (χ3n) is 3.95. The molecule has 0 saturated heterocycles. The highest BCUT2D eigenvalue weighted by Crippen LogP contribution is 2.29. The number of thiazole rings is 1. The minimum atomic E-state index is -0.152. The van der Waals surface area contributed by atoms with Gasteiger partial charge in [0.15, 0.2) is 21.9 Å². The quantitative estimate of drug-likeness (QED) is 0.457. The molecule has 0 atom stereocenters. The molecule has 0 bridgehead atoms. The summed E-state index contributed by atoms with van der Waals surface area (Å²) in [5.41, 5.74) is 0.822. The van der Waals surface area contributed by atoms with Gasteiger partial charge in [0.1, 0.15) is 5.75 Å². The second-order valence-corrected chi connectivity index (χ2v) is 7.69. The number of nitrogens with zero attached hydrogens (tertiary/aromatic N) is 4. The third-order valence-corrected chi connectivity index (χ3v) is 5.85. The topological polar surface area (TPSA) is 95.1 Å². The molecule has 3 aromatic heterocycles. The lowest BCUT2D eigenvalue weighted by Crippen LogP contribution is -2.14. The fourth-order valence-electron chi connectivity index (χ4n) is 2.64. The normalized spacial score (nSPS) is 11.1. The van der Waals surface area contributed by atoms with E-state index in [9.17, 15) is 4.79 Å². The molecule has 1 N–H and O–H groups in total. The number of carbonyl (C=O) groups excluding carboxylic acids is 1. The maximum absolute atomic E-state index is 12.4. The zero-order valence-electron chi connectivity index (χ0n) is 15.2. The minimum absolute atomic E-state index is 0.152. The van der Waals surface area contributed by atoms with E-state index < -0.39 is 0 Å². The lowest BCUT2D eigenvalue weighted by Gasteiger charge is -2.05. The molecule has 1 aromatic carbocycles. The molecular weight excluding hydrogens is 398 g/mol. The average molecular weight is 416 g/mol. The molecule has 144 valence electrons. The highest BCUT2D eigenvalue weighted by molar-refractivity contribution is 7.99. The largest absolute Gasteiger partial charge is 0.497 e. The van der Waals surface area contributed by atoms with Crippen molar-refractivity contribution in [3.8, 4) is 17.3 Å². The van der Waals surface area contributed by atoms with Crippen LogP contribution >= 0.6 is 23.1 Å². The SMILES string of the molecule is CCn1c(SCC(=O)Nc2nc3ccc(OC)cc3s2)nnc1-c1ccco1. The summed E-state index contributed by atoms with van der Waals surface area (Å²) in [6.07, 6.45) is 1.60. The van der Waals surface area contributed by atoms with Crippen LogP contribution in [0, 0.1) is 0 Å². The Morgan fingerprint density at radius 3 is 3.00 bits per heavy atom. The van der Waals surface area contributed by atoms with E-state index in [-0.39, 0.29) is 11.7 Å². The van der Waals surface area contributed by atoms with Crippen LogP contribution < -0.4 is 10.1 Å². The molecule has 0 radical (unpaired) electrons. The van der Waals surface area contributed by atoms with Crippen LogP contribution in [0.4, 0.5) is 5.13 Å². The van der Waals surface area contributed by atoms with Gasteiger partial charge in [0, 0.05) is 6.54 Å². The Kier molecular flexibility index (Phi) is 5.31. The van der Waals surface area contributed by atoms with E-state index in [1.54, 1.807) is 19.4 Å². The van der Waals surface area contributed by atoms with E-state index in [0.29, 0.717) is 28.4 Å². The molecule has 0 spiro atoms. The summed E-state index contributed by atoms with van der Waals surface area (Å²) in [7, 11) is 1.62. The van der Waals surface area contributed by atoms with Crippen LogP contribution in [0.25, 0.3) is 21.8 Å². The molecule has 0 fully saturated rings. The zero-order chi connectivity index (χ0) is 19.5. The van der Waals surface area contributed by atoms with E-state index in [2.05, 4.69) is 20.5 Å². The Balaban J connectivity index is 1.42. The van der Waals surface area contributed by atoms with Gasteiger partial charge in [-0.1, -0.05) is 23.1 Å². The summed E-state index contributed by atoms with van der Waals surface area (Å²) in [6.45, 7) is 2.67. The third kappa shape index (κ3) is 3.73. The van der Waals surface area contributed by atoms with Crippen LogP contribution in [0.3, 0.4) is 0 Å². The summed E-state index contributed by atoms with van der Waals surface area (Å²) in [6, 6.07) is 9.25. The number of nitrogens with one attached hydrogen (secondary N) is 1. The first-order chi connectivity index (χ1) is 13.7. The van der Waals surface area contributed by atoms with E-state index in [0.717, 1.165) is 16.0 Å². The predicted molar refractivity (Wildman–Crippen MR) is 109 cm³/mol. The van der Waals surface area contributed by atoms with E-state index >= 15 is 0 Å². The highest BCUT2D eigenvalue weighted by Gasteiger charge is 2.17. The van der Waals surface area contributed by atoms with Gasteiger partial charge in [-0.15, -0.1) is 10.2 Å². The number of benzene rings is 1. The smallest absolute Gasteiger partial charge is 0.236 e. The van der Waals surface area contributed by atoms with Crippen molar-refractivity contribution in [1.29, 1.82) is 0 Å². The second-order valence-electron chi connectivity index (χ2n) is 5.72. The first-order valence-corrected chi connectivity index (χ1v) is 10.3. The summed E-state index contributed by atoms with van der Waals surface area (Å²) in [5, 5.41) is 12.4. The highest BCUT2D eigenvalue weighted by atomic mass is 32.2. The summed E-state index contributed by atoms with van der Waals surface area (Å²) < 4.78 is 13.5. The van der Waals surface area contributed by atoms with Crippen molar-refractivity contribution in [2.75, 3.05) is 18.2 Å². The van der Waals surface area contributed by atoms with Gasteiger partial charge in [-0.3, -0.25) is 9.36 Å². The number of thioether (sulfide) groups is 1. The molecule has 0 aliphatic carbocycles. The fraction of sp³-hybridized carbons (Fsp3) is 0.222. The first kappa shape index (κ1) is 18.5. The zero-order valence-corrected chi connectivity index (χ0v) is 16.8. The maximum Gasteiger partial charge on any atom is 0.236 e. The lowest BCUT2D eigenvalue weighted by atomic mass is 10.3. The standard InChI is InChI=1S/C18H17N5O3S2/c1-3-23-16(13-5-4-8-26-13)21-22-18(23)27-10-15(24)20-17-19-12-7-6-11(25-2)9-14(12)28-17/h4-9H,3,10H2,1-2H3,(H,19,20,24). The average Bonchev–Trinajstić information content (AvgIpc) is 3.43. The predicted octanol–water partition coefficient (Wildman–Crippen LogP) is 3.91. The Morgan fingerprint density at radius 1 is 1.36 bits per heavy atom. The van der Waals surface area contributed by atoms with Crippen LogP contribution in [0.15, 0.2) is 46.2 Å². The number of aromatic nitrogens is 4. The van der Waals surface area contributed by atoms with Crippen molar-refractivity contribution in [3.63, 3.8) is 0 Å². The number of fused-ring (bicyclic) bond motifs is 1. The fourth-order valence-corrected chi connectivity index (χ4v) is 4.35. The molecular formula is C18H17N5O3S2. The number of ether oxygens (including phenoxy) is 1. The Morgan fingerprint density at radius 2 is 2.25 bits per heavy atom. The second kappa shape index (κ2) is 8.03. The van der Waals surface area contributed by atoms with Gasteiger partial charge in [-0.25, -0.2) is 4.98 Å². The number of carbonyl (C=O) groups is 1. The van der Waals surface area contributed by atoms with Gasteiger partial charge in [0.25, 0.3) is 0 Å². The van der Waals surface area contributed by atoms with E-state index in [4.69, 9.17) is 9.15 Å². The summed E-state index contributed by atoms with van der Waals surface area (Å²) in [5.74, 6) is 2.11. The number of methoxy groups -OCH3 is 1. The van der Waals surface area contributed by atoms with Gasteiger partial charge in [0.2, 0.25) is 5.91 Å². The summed E-state index contributed by atoms with van der Waals surface area (Å²) >= 11 is 2.73. The molecule has 4 rings (SSSR count). The number of rotatable bonds is 7. The number of furan rings is 1. The van der Waals surface area contributed by atoms with Crippen LogP contribution in [-0.2, 0) is 11.3 Å². The molecule has 4 aromatic rings. The molecule has 0 aliphatic rings. The van der Waals surface area contributed by atoms with E-state index in [1.807, 2.05) is 35.8 Å². The molecule has 10 heteroatoms. The van der Waals surface area contributed by atoms with Crippen molar-refractivity contribution in [1.82, 2.24) is 19.7 Å². The van der Waals surface area contributed by atoms with Gasteiger partial charge in [0.05, 0.1) is 29.3 Å². The Bertz CT molecular complexity index is 1100. The van der Waals surface area contributed by atoms with Crippen LogP contribution in [0.5, 0.6) is 5.75 Å². The van der Waals surface area contributed by atoms with Crippen molar-refractivity contribution in [2.24, 2.45) is 0 Å². The first-order valence-electron chi connectivity index (χ1n) is 8.52. The van der Waals surface area contributed by atoms with Gasteiger partial charge in [-0.05, 0) is 37.3 Å². The molecule has 0 aliphatic heterocycles. The Labute approximate surface area is 168 Å². The van der Waals surface area contributed by atoms with Crippen molar-refractivity contribution in [3.05, 3.63) is 36.6 Å². The molecule has 28 heavy (non-hydrogen) atoms. The maximum atomic E-state index is 12.4.